The number of amides is 1. The van der Waals surface area contributed by atoms with E-state index in [9.17, 15) is 4.79 Å². The van der Waals surface area contributed by atoms with Crippen LogP contribution in [0.25, 0.3) is 6.08 Å². The quantitative estimate of drug-likeness (QED) is 0.864. The zero-order valence-corrected chi connectivity index (χ0v) is 12.9. The lowest BCUT2D eigenvalue weighted by Gasteiger charge is -2.06. The lowest BCUT2D eigenvalue weighted by molar-refractivity contribution is -0.111. The summed E-state index contributed by atoms with van der Waals surface area (Å²) >= 11 is 0. The molecule has 1 heterocycles. The van der Waals surface area contributed by atoms with Gasteiger partial charge in [-0.1, -0.05) is 18.2 Å². The van der Waals surface area contributed by atoms with Crippen LogP contribution in [-0.2, 0) is 4.79 Å². The molecule has 3 heteroatoms. The summed E-state index contributed by atoms with van der Waals surface area (Å²) in [6.45, 7) is 8.17. The smallest absolute Gasteiger partial charge is 0.249 e. The fourth-order valence-electron chi connectivity index (χ4n) is 2.04. The van der Waals surface area contributed by atoms with Gasteiger partial charge in [-0.3, -0.25) is 4.79 Å². The Hall–Kier alpha value is -2.42. The highest BCUT2D eigenvalue weighted by Gasteiger charge is 2.01. The molecule has 1 aromatic carbocycles. The number of carbonyl (C=O) groups excluding carboxylic acids is 1. The van der Waals surface area contributed by atoms with Crippen LogP contribution >= 0.6 is 0 Å². The molecule has 1 amide bonds. The SMILES string of the molecule is Cc1ccc(NC(=O)/C=C/c2cc(C)c(C)cc2C)nc1. The minimum atomic E-state index is -0.177. The number of hydrogen-bond acceptors (Lipinski definition) is 2. The number of hydrogen-bond donors (Lipinski definition) is 1. The summed E-state index contributed by atoms with van der Waals surface area (Å²) in [4.78, 5) is 16.0. The molecule has 0 bridgehead atoms. The monoisotopic (exact) mass is 280 g/mol. The van der Waals surface area contributed by atoms with Gasteiger partial charge < -0.3 is 5.32 Å². The zero-order chi connectivity index (χ0) is 15.4. The van der Waals surface area contributed by atoms with Gasteiger partial charge in [0.1, 0.15) is 5.82 Å². The van der Waals surface area contributed by atoms with Gasteiger partial charge in [-0.25, -0.2) is 4.98 Å². The Kier molecular flexibility index (Phi) is 4.53. The molecule has 2 rings (SSSR count). The summed E-state index contributed by atoms with van der Waals surface area (Å²) in [5.41, 5.74) is 5.77. The molecule has 0 spiro atoms. The number of rotatable bonds is 3. The van der Waals surface area contributed by atoms with E-state index in [4.69, 9.17) is 0 Å². The first-order valence-electron chi connectivity index (χ1n) is 6.95. The second-order valence-corrected chi connectivity index (χ2v) is 5.34. The molecule has 0 saturated heterocycles. The summed E-state index contributed by atoms with van der Waals surface area (Å²) < 4.78 is 0. The van der Waals surface area contributed by atoms with Crippen LogP contribution < -0.4 is 5.32 Å². The highest BCUT2D eigenvalue weighted by atomic mass is 16.1. The second-order valence-electron chi connectivity index (χ2n) is 5.34. The number of aryl methyl sites for hydroxylation is 4. The molecule has 0 unspecified atom stereocenters. The molecule has 1 aromatic heterocycles. The molecular formula is C18H20N2O. The van der Waals surface area contributed by atoms with Crippen molar-refractivity contribution in [2.75, 3.05) is 5.32 Å². The predicted molar refractivity (Wildman–Crippen MR) is 87.3 cm³/mol. The molecule has 0 aliphatic carbocycles. The zero-order valence-electron chi connectivity index (χ0n) is 12.9. The van der Waals surface area contributed by atoms with Gasteiger partial charge in [0.2, 0.25) is 5.91 Å². The molecule has 3 nitrogen and oxygen atoms in total. The van der Waals surface area contributed by atoms with E-state index < -0.39 is 0 Å². The van der Waals surface area contributed by atoms with Crippen molar-refractivity contribution >= 4 is 17.8 Å². The van der Waals surface area contributed by atoms with E-state index in [-0.39, 0.29) is 5.91 Å². The van der Waals surface area contributed by atoms with Crippen LogP contribution in [0.4, 0.5) is 5.82 Å². The van der Waals surface area contributed by atoms with Gasteiger partial charge in [-0.2, -0.15) is 0 Å². The van der Waals surface area contributed by atoms with Crippen LogP contribution in [0, 0.1) is 27.7 Å². The Bertz CT molecular complexity index is 685. The van der Waals surface area contributed by atoms with Crippen LogP contribution in [0.1, 0.15) is 27.8 Å². The average molecular weight is 280 g/mol. The topological polar surface area (TPSA) is 42.0 Å². The lowest BCUT2D eigenvalue weighted by Crippen LogP contribution is -2.09. The van der Waals surface area contributed by atoms with Gasteiger partial charge in [0.05, 0.1) is 0 Å². The van der Waals surface area contributed by atoms with Gasteiger partial charge in [0.25, 0.3) is 0 Å². The number of pyridine rings is 1. The summed E-state index contributed by atoms with van der Waals surface area (Å²) in [5, 5.41) is 2.75. The van der Waals surface area contributed by atoms with E-state index in [0.29, 0.717) is 5.82 Å². The summed E-state index contributed by atoms with van der Waals surface area (Å²) in [7, 11) is 0. The Balaban J connectivity index is 2.08. The van der Waals surface area contributed by atoms with Crippen LogP contribution in [0.3, 0.4) is 0 Å². The van der Waals surface area contributed by atoms with E-state index in [1.807, 2.05) is 26.0 Å². The number of aromatic nitrogens is 1. The second kappa shape index (κ2) is 6.35. The number of nitrogens with zero attached hydrogens (tertiary/aromatic N) is 1. The molecule has 0 aliphatic heterocycles. The minimum Gasteiger partial charge on any atom is -0.307 e. The Morgan fingerprint density at radius 2 is 1.76 bits per heavy atom. The molecule has 0 fully saturated rings. The average Bonchev–Trinajstić information content (AvgIpc) is 2.44. The van der Waals surface area contributed by atoms with Gasteiger partial charge in [0.15, 0.2) is 0 Å². The highest BCUT2D eigenvalue weighted by molar-refractivity contribution is 6.01. The van der Waals surface area contributed by atoms with Crippen LogP contribution in [-0.4, -0.2) is 10.9 Å². The van der Waals surface area contributed by atoms with Gasteiger partial charge in [-0.05, 0) is 67.7 Å². The van der Waals surface area contributed by atoms with Crippen LogP contribution in [0.5, 0.6) is 0 Å². The van der Waals surface area contributed by atoms with Crippen LogP contribution in [0.2, 0.25) is 0 Å². The normalized spacial score (nSPS) is 10.9. The number of benzene rings is 1. The molecule has 0 saturated carbocycles. The first-order chi connectivity index (χ1) is 9.95. The van der Waals surface area contributed by atoms with Crippen molar-refractivity contribution < 1.29 is 4.79 Å². The van der Waals surface area contributed by atoms with E-state index in [0.717, 1.165) is 16.7 Å². The summed E-state index contributed by atoms with van der Waals surface area (Å²) in [6, 6.07) is 7.94. The molecule has 2 aromatic rings. The molecule has 0 radical (unpaired) electrons. The fourth-order valence-corrected chi connectivity index (χ4v) is 2.04. The molecule has 108 valence electrons. The molecule has 0 atom stereocenters. The first kappa shape index (κ1) is 15.0. The van der Waals surface area contributed by atoms with E-state index in [1.165, 1.54) is 11.1 Å². The highest BCUT2D eigenvalue weighted by Crippen LogP contribution is 2.16. The minimum absolute atomic E-state index is 0.177. The predicted octanol–water partition coefficient (Wildman–Crippen LogP) is 3.97. The van der Waals surface area contributed by atoms with E-state index in [1.54, 1.807) is 18.3 Å². The van der Waals surface area contributed by atoms with Crippen molar-refractivity contribution in [1.29, 1.82) is 0 Å². The Morgan fingerprint density at radius 3 is 2.43 bits per heavy atom. The molecule has 1 N–H and O–H groups in total. The number of anilines is 1. The maximum Gasteiger partial charge on any atom is 0.249 e. The van der Waals surface area contributed by atoms with Gasteiger partial charge >= 0.3 is 0 Å². The van der Waals surface area contributed by atoms with E-state index >= 15 is 0 Å². The third kappa shape index (κ3) is 4.02. The standard InChI is InChI=1S/C18H20N2O/c1-12-5-7-17(19-11-12)20-18(21)8-6-16-10-14(3)13(2)9-15(16)4/h5-11H,1-4H3,(H,19,20,21)/b8-6+. The van der Waals surface area contributed by atoms with Crippen molar-refractivity contribution in [3.63, 3.8) is 0 Å². The third-order valence-electron chi connectivity index (χ3n) is 3.46. The molecule has 0 aliphatic rings. The maximum atomic E-state index is 11.9. The Labute approximate surface area is 125 Å². The van der Waals surface area contributed by atoms with Crippen molar-refractivity contribution in [3.8, 4) is 0 Å². The summed E-state index contributed by atoms with van der Waals surface area (Å²) in [5.74, 6) is 0.385. The summed E-state index contributed by atoms with van der Waals surface area (Å²) in [6.07, 6.45) is 5.11. The van der Waals surface area contributed by atoms with Gasteiger partial charge in [0, 0.05) is 12.3 Å². The van der Waals surface area contributed by atoms with Crippen molar-refractivity contribution in [3.05, 3.63) is 64.4 Å². The maximum absolute atomic E-state index is 11.9. The number of nitrogens with one attached hydrogen (secondary N) is 1. The van der Waals surface area contributed by atoms with Gasteiger partial charge in [-0.15, -0.1) is 0 Å². The molecule has 21 heavy (non-hydrogen) atoms. The molecular weight excluding hydrogens is 260 g/mol. The third-order valence-corrected chi connectivity index (χ3v) is 3.46. The fraction of sp³-hybridized carbons (Fsp3) is 0.222. The van der Waals surface area contributed by atoms with Crippen molar-refractivity contribution in [2.45, 2.75) is 27.7 Å². The lowest BCUT2D eigenvalue weighted by atomic mass is 10.0. The first-order valence-corrected chi connectivity index (χ1v) is 6.95. The van der Waals surface area contributed by atoms with E-state index in [2.05, 4.69) is 36.3 Å². The number of carbonyl (C=O) groups is 1. The van der Waals surface area contributed by atoms with Crippen molar-refractivity contribution in [2.24, 2.45) is 0 Å². The van der Waals surface area contributed by atoms with Crippen molar-refractivity contribution in [1.82, 2.24) is 4.98 Å². The van der Waals surface area contributed by atoms with Crippen LogP contribution in [0.15, 0.2) is 36.5 Å². The largest absolute Gasteiger partial charge is 0.307 e. The Morgan fingerprint density at radius 1 is 1.05 bits per heavy atom.